The quantitative estimate of drug-likeness (QED) is 0.295. The van der Waals surface area contributed by atoms with Gasteiger partial charge in [0.2, 0.25) is 0 Å². The van der Waals surface area contributed by atoms with Crippen LogP contribution in [0, 0.1) is 0 Å². The summed E-state index contributed by atoms with van der Waals surface area (Å²) >= 11 is 0. The summed E-state index contributed by atoms with van der Waals surface area (Å²) < 4.78 is 71.0. The Balaban J connectivity index is 0.000000473. The maximum absolute atomic E-state index is 11.8. The third-order valence-electron chi connectivity index (χ3n) is 4.83. The minimum atomic E-state index is -4.33. The summed E-state index contributed by atoms with van der Waals surface area (Å²) in [6.45, 7) is 8.59. The predicted octanol–water partition coefficient (Wildman–Crippen LogP) is 9.38. The molecule has 0 radical (unpaired) electrons. The molecule has 2 aliphatic rings. The number of aromatic hydroxyl groups is 2. The second-order valence-electron chi connectivity index (χ2n) is 8.38. The number of hydrogen-bond acceptors (Lipinski definition) is 2. The van der Waals surface area contributed by atoms with Gasteiger partial charge in [0.15, 0.2) is 0 Å². The van der Waals surface area contributed by atoms with E-state index in [9.17, 15) is 26.3 Å². The molecular weight excluding hydrogens is 574 g/mol. The molecule has 4 rings (SSSR count). The first-order valence-electron chi connectivity index (χ1n) is 11.0. The fourth-order valence-corrected chi connectivity index (χ4v) is 2.96. The van der Waals surface area contributed by atoms with Gasteiger partial charge in [-0.15, -0.1) is 0 Å². The number of phenols is 2. The second kappa shape index (κ2) is 15.7. The van der Waals surface area contributed by atoms with Crippen molar-refractivity contribution in [1.82, 2.24) is 0 Å². The van der Waals surface area contributed by atoms with E-state index in [1.165, 1.54) is 35.1 Å². The first kappa shape index (κ1) is 34.5. The van der Waals surface area contributed by atoms with Crippen LogP contribution in [0.15, 0.2) is 95.1 Å². The van der Waals surface area contributed by atoms with Crippen LogP contribution in [0.1, 0.15) is 51.7 Å². The average Bonchev–Trinajstić information content (AvgIpc) is 3.34. The number of allylic oxidation sites excluding steroid dienone is 8. The van der Waals surface area contributed by atoms with Crippen LogP contribution in [-0.4, -0.2) is 10.2 Å². The van der Waals surface area contributed by atoms with Crippen molar-refractivity contribution in [1.29, 1.82) is 0 Å². The largest absolute Gasteiger partial charge is 0.508 e. The zero-order chi connectivity index (χ0) is 27.5. The molecule has 0 saturated carbocycles. The third kappa shape index (κ3) is 14.7. The van der Waals surface area contributed by atoms with Crippen molar-refractivity contribution >= 4 is 0 Å². The van der Waals surface area contributed by atoms with Crippen LogP contribution < -0.4 is 0 Å². The topological polar surface area (TPSA) is 40.5 Å². The zero-order valence-electron chi connectivity index (χ0n) is 21.0. The van der Waals surface area contributed by atoms with Crippen molar-refractivity contribution in [3.8, 4) is 11.5 Å². The molecule has 2 aliphatic carbocycles. The standard InChI is InChI=1S/2C7H5F3O.2C7H10.Zr/c2*8-7(9,10)5-1-3-6(11)4-2-5;2*1-6-3-4-7(2)5-6;/h2*1-4,11H;2*3,5H,4H2,1-2H3;. The van der Waals surface area contributed by atoms with E-state index in [4.69, 9.17) is 10.2 Å². The number of alkyl halides is 6. The Hall–Kier alpha value is -2.54. The van der Waals surface area contributed by atoms with E-state index in [-0.39, 0.29) is 37.7 Å². The molecule has 9 heteroatoms. The minimum absolute atomic E-state index is 0. The van der Waals surface area contributed by atoms with E-state index >= 15 is 0 Å². The van der Waals surface area contributed by atoms with Gasteiger partial charge >= 0.3 is 12.4 Å². The Bertz CT molecular complexity index is 1000. The molecule has 0 amide bonds. The molecule has 2 aromatic carbocycles. The Kier molecular flexibility index (Phi) is 14.6. The van der Waals surface area contributed by atoms with Gasteiger partial charge in [0.05, 0.1) is 11.1 Å². The molecule has 0 heterocycles. The third-order valence-corrected chi connectivity index (χ3v) is 4.83. The van der Waals surface area contributed by atoms with Crippen LogP contribution in [0.3, 0.4) is 0 Å². The zero-order valence-corrected chi connectivity index (χ0v) is 23.5. The molecule has 0 aliphatic heterocycles. The summed E-state index contributed by atoms with van der Waals surface area (Å²) in [6, 6.07) is 7.33. The van der Waals surface area contributed by atoms with Crippen molar-refractivity contribution < 1.29 is 62.8 Å². The molecule has 200 valence electrons. The molecular formula is C28H30F6O2Zr. The molecule has 2 N–H and O–H groups in total. The van der Waals surface area contributed by atoms with Gasteiger partial charge in [-0.25, -0.2) is 0 Å². The monoisotopic (exact) mass is 602 g/mol. The SMILES string of the molecule is CC1=CCC(C)=C1.CC1=CCC(C)=C1.Oc1ccc(C(F)(F)F)cc1.Oc1ccc(C(F)(F)F)cc1.[Zr]. The van der Waals surface area contributed by atoms with Gasteiger partial charge in [0.1, 0.15) is 11.5 Å². The van der Waals surface area contributed by atoms with E-state index in [2.05, 4.69) is 52.0 Å². The molecule has 0 atom stereocenters. The van der Waals surface area contributed by atoms with Crippen molar-refractivity contribution in [2.24, 2.45) is 0 Å². The normalized spacial score (nSPS) is 14.1. The maximum Gasteiger partial charge on any atom is 0.416 e. The van der Waals surface area contributed by atoms with Gasteiger partial charge in [-0.3, -0.25) is 0 Å². The van der Waals surface area contributed by atoms with Gasteiger partial charge in [0, 0.05) is 26.2 Å². The number of rotatable bonds is 0. The van der Waals surface area contributed by atoms with Gasteiger partial charge in [-0.2, -0.15) is 26.3 Å². The molecule has 0 spiro atoms. The van der Waals surface area contributed by atoms with Crippen LogP contribution in [0.5, 0.6) is 11.5 Å². The van der Waals surface area contributed by atoms with Crippen LogP contribution in [0.4, 0.5) is 26.3 Å². The minimum Gasteiger partial charge on any atom is -0.508 e. The fourth-order valence-electron chi connectivity index (χ4n) is 2.96. The molecule has 0 unspecified atom stereocenters. The van der Waals surface area contributed by atoms with Gasteiger partial charge < -0.3 is 10.2 Å². The Morgan fingerprint density at radius 2 is 0.811 bits per heavy atom. The summed E-state index contributed by atoms with van der Waals surface area (Å²) in [6.07, 6.45) is 2.63. The summed E-state index contributed by atoms with van der Waals surface area (Å²) in [5.74, 6) is -0.337. The molecule has 0 bridgehead atoms. The van der Waals surface area contributed by atoms with Gasteiger partial charge in [0.25, 0.3) is 0 Å². The summed E-state index contributed by atoms with van der Waals surface area (Å²) in [5.41, 5.74) is 4.29. The molecule has 2 aromatic rings. The first-order valence-corrected chi connectivity index (χ1v) is 11.0. The van der Waals surface area contributed by atoms with Gasteiger partial charge in [-0.1, -0.05) is 46.6 Å². The van der Waals surface area contributed by atoms with E-state index in [1.807, 2.05) is 0 Å². The molecule has 0 saturated heterocycles. The fraction of sp³-hybridized carbons (Fsp3) is 0.286. The van der Waals surface area contributed by atoms with E-state index in [0.29, 0.717) is 0 Å². The summed E-state index contributed by atoms with van der Waals surface area (Å²) in [7, 11) is 0. The first-order chi connectivity index (χ1) is 16.6. The molecule has 0 fully saturated rings. The van der Waals surface area contributed by atoms with Crippen LogP contribution in [-0.2, 0) is 38.6 Å². The van der Waals surface area contributed by atoms with Crippen molar-refractivity contribution in [3.05, 3.63) is 106 Å². The molecule has 37 heavy (non-hydrogen) atoms. The average molecular weight is 604 g/mol. The van der Waals surface area contributed by atoms with E-state index < -0.39 is 23.5 Å². The number of halogens is 6. The number of phenolic OH excluding ortho intramolecular Hbond substituents is 2. The van der Waals surface area contributed by atoms with Crippen molar-refractivity contribution in [2.45, 2.75) is 52.9 Å². The van der Waals surface area contributed by atoms with Crippen LogP contribution >= 0.6 is 0 Å². The van der Waals surface area contributed by atoms with Crippen LogP contribution in [0.2, 0.25) is 0 Å². The van der Waals surface area contributed by atoms with Crippen molar-refractivity contribution in [2.75, 3.05) is 0 Å². The maximum atomic E-state index is 11.8. The van der Waals surface area contributed by atoms with Crippen molar-refractivity contribution in [3.63, 3.8) is 0 Å². The van der Waals surface area contributed by atoms with E-state index in [1.54, 1.807) is 0 Å². The van der Waals surface area contributed by atoms with Gasteiger partial charge in [-0.05, 0) is 89.1 Å². The van der Waals surface area contributed by atoms with E-state index in [0.717, 1.165) is 48.5 Å². The number of hydrogen-bond donors (Lipinski definition) is 2. The Morgan fingerprint density at radius 3 is 0.946 bits per heavy atom. The Morgan fingerprint density at radius 1 is 0.541 bits per heavy atom. The molecule has 0 aromatic heterocycles. The molecule has 2 nitrogen and oxygen atoms in total. The predicted molar refractivity (Wildman–Crippen MR) is 130 cm³/mol. The Labute approximate surface area is 232 Å². The second-order valence-corrected chi connectivity index (χ2v) is 8.38. The summed E-state index contributed by atoms with van der Waals surface area (Å²) in [5, 5.41) is 17.3. The summed E-state index contributed by atoms with van der Waals surface area (Å²) in [4.78, 5) is 0. The smallest absolute Gasteiger partial charge is 0.416 e. The van der Waals surface area contributed by atoms with Crippen LogP contribution in [0.25, 0.3) is 0 Å². The number of benzene rings is 2.